The van der Waals surface area contributed by atoms with Gasteiger partial charge in [0.1, 0.15) is 0 Å². The molecule has 0 fully saturated rings. The molecule has 0 aliphatic rings. The number of carbonyl (C=O) groups excluding carboxylic acids is 1. The van der Waals surface area contributed by atoms with E-state index in [0.717, 1.165) is 4.90 Å². The third kappa shape index (κ3) is 4.89. The molecule has 0 bridgehead atoms. The maximum absolute atomic E-state index is 12.0. The molecule has 0 spiro atoms. The molecule has 0 unspecified atom stereocenters. The van der Waals surface area contributed by atoms with Crippen molar-refractivity contribution < 1.29 is 13.2 Å². The molecule has 2 aromatic carbocycles. The predicted molar refractivity (Wildman–Crippen MR) is 88.3 cm³/mol. The van der Waals surface area contributed by atoms with E-state index < -0.39 is 15.9 Å². The van der Waals surface area contributed by atoms with Crippen molar-refractivity contribution in [3.05, 3.63) is 60.2 Å². The summed E-state index contributed by atoms with van der Waals surface area (Å²) in [4.78, 5) is 12.9. The zero-order chi connectivity index (χ0) is 16.0. The van der Waals surface area contributed by atoms with Gasteiger partial charge in [0.15, 0.2) is 0 Å². The van der Waals surface area contributed by atoms with Crippen molar-refractivity contribution in [3.63, 3.8) is 0 Å². The monoisotopic (exact) mass is 335 g/mol. The second-order valence-electron chi connectivity index (χ2n) is 4.75. The Morgan fingerprint density at radius 3 is 2.32 bits per heavy atom. The summed E-state index contributed by atoms with van der Waals surface area (Å²) in [5.41, 5.74) is 1.18. The van der Waals surface area contributed by atoms with Gasteiger partial charge in [0.2, 0.25) is 5.91 Å². The second-order valence-corrected chi connectivity index (χ2v) is 7.60. The maximum atomic E-state index is 12.0. The number of aryl methyl sites for hydroxylation is 1. The fourth-order valence-corrected chi connectivity index (χ4v) is 3.64. The lowest BCUT2D eigenvalue weighted by Crippen LogP contribution is -2.30. The Labute approximate surface area is 135 Å². The first kappa shape index (κ1) is 16.6. The third-order valence-corrected chi connectivity index (χ3v) is 5.32. The average Bonchev–Trinajstić information content (AvgIpc) is 2.50. The van der Waals surface area contributed by atoms with Crippen molar-refractivity contribution in [1.82, 2.24) is 4.72 Å². The van der Waals surface area contributed by atoms with Crippen LogP contribution in [0.3, 0.4) is 0 Å². The van der Waals surface area contributed by atoms with Gasteiger partial charge >= 0.3 is 0 Å². The quantitative estimate of drug-likeness (QED) is 0.824. The number of thioether (sulfide) groups is 1. The number of hydrogen-bond acceptors (Lipinski definition) is 4. The van der Waals surface area contributed by atoms with Crippen LogP contribution in [0.2, 0.25) is 0 Å². The molecule has 0 aliphatic heterocycles. The lowest BCUT2D eigenvalue weighted by Gasteiger charge is -2.07. The van der Waals surface area contributed by atoms with Gasteiger partial charge in [0.05, 0.1) is 4.90 Å². The normalized spacial score (nSPS) is 11.1. The Balaban J connectivity index is 1.84. The first-order valence-electron chi connectivity index (χ1n) is 6.77. The Hall–Kier alpha value is -1.79. The molecule has 22 heavy (non-hydrogen) atoms. The van der Waals surface area contributed by atoms with Gasteiger partial charge in [0.25, 0.3) is 10.0 Å². The highest BCUT2D eigenvalue weighted by Crippen LogP contribution is 2.19. The molecular weight excluding hydrogens is 318 g/mol. The van der Waals surface area contributed by atoms with Crippen LogP contribution < -0.4 is 4.72 Å². The summed E-state index contributed by atoms with van der Waals surface area (Å²) < 4.78 is 26.0. The number of benzene rings is 2. The Bertz CT molecular complexity index is 726. The average molecular weight is 335 g/mol. The van der Waals surface area contributed by atoms with Crippen LogP contribution in [-0.4, -0.2) is 20.1 Å². The van der Waals surface area contributed by atoms with Crippen LogP contribution in [0.15, 0.2) is 64.4 Å². The van der Waals surface area contributed by atoms with Crippen molar-refractivity contribution >= 4 is 27.7 Å². The minimum Gasteiger partial charge on any atom is -0.274 e. The zero-order valence-electron chi connectivity index (χ0n) is 12.2. The van der Waals surface area contributed by atoms with Crippen LogP contribution >= 0.6 is 11.8 Å². The van der Waals surface area contributed by atoms with Crippen molar-refractivity contribution in [2.45, 2.75) is 23.1 Å². The van der Waals surface area contributed by atoms with E-state index >= 15 is 0 Å². The van der Waals surface area contributed by atoms with Gasteiger partial charge in [-0.15, -0.1) is 11.8 Å². The molecule has 0 atom stereocenters. The summed E-state index contributed by atoms with van der Waals surface area (Å²) in [6.07, 6.45) is 0.143. The summed E-state index contributed by atoms with van der Waals surface area (Å²) in [5.74, 6) is 0.0302. The van der Waals surface area contributed by atoms with E-state index in [2.05, 4.69) is 4.72 Å². The highest BCUT2D eigenvalue weighted by Gasteiger charge is 2.16. The molecule has 0 saturated carbocycles. The largest absolute Gasteiger partial charge is 0.274 e. The fourth-order valence-electron chi connectivity index (χ4n) is 1.76. The van der Waals surface area contributed by atoms with Crippen molar-refractivity contribution in [2.24, 2.45) is 0 Å². The standard InChI is InChI=1S/C16H17NO3S2/c1-13-7-9-14(10-8-13)21-12-11-16(18)17-22(19,20)15-5-3-2-4-6-15/h2-10H,11-12H2,1H3,(H,17,18). The number of amides is 1. The van der Waals surface area contributed by atoms with E-state index in [0.29, 0.717) is 5.75 Å². The molecule has 0 radical (unpaired) electrons. The molecule has 0 saturated heterocycles. The summed E-state index contributed by atoms with van der Waals surface area (Å²) in [6.45, 7) is 2.01. The molecule has 116 valence electrons. The minimum absolute atomic E-state index is 0.0922. The summed E-state index contributed by atoms with van der Waals surface area (Å²) in [5, 5.41) is 0. The van der Waals surface area contributed by atoms with Crippen LogP contribution in [-0.2, 0) is 14.8 Å². The van der Waals surface area contributed by atoms with Crippen molar-refractivity contribution in [1.29, 1.82) is 0 Å². The van der Waals surface area contributed by atoms with E-state index in [1.807, 2.05) is 31.2 Å². The van der Waals surface area contributed by atoms with Crippen molar-refractivity contribution in [2.75, 3.05) is 5.75 Å². The van der Waals surface area contributed by atoms with Gasteiger partial charge < -0.3 is 0 Å². The lowest BCUT2D eigenvalue weighted by molar-refractivity contribution is -0.118. The highest BCUT2D eigenvalue weighted by atomic mass is 32.2. The molecular formula is C16H17NO3S2. The van der Waals surface area contributed by atoms with Gasteiger partial charge in [-0.05, 0) is 31.2 Å². The summed E-state index contributed by atoms with van der Waals surface area (Å²) in [6, 6.07) is 15.8. The van der Waals surface area contributed by atoms with E-state index in [9.17, 15) is 13.2 Å². The Morgan fingerprint density at radius 2 is 1.68 bits per heavy atom. The molecule has 2 aromatic rings. The summed E-state index contributed by atoms with van der Waals surface area (Å²) in [7, 11) is -3.77. The number of rotatable bonds is 6. The first-order valence-corrected chi connectivity index (χ1v) is 9.24. The number of carbonyl (C=O) groups is 1. The molecule has 0 aliphatic carbocycles. The van der Waals surface area contributed by atoms with Gasteiger partial charge in [-0.25, -0.2) is 13.1 Å². The molecule has 4 nitrogen and oxygen atoms in total. The van der Waals surface area contributed by atoms with Gasteiger partial charge in [-0.3, -0.25) is 4.79 Å². The fraction of sp³-hybridized carbons (Fsp3) is 0.188. The predicted octanol–water partition coefficient (Wildman–Crippen LogP) is 2.98. The van der Waals surface area contributed by atoms with Gasteiger partial charge in [-0.1, -0.05) is 35.9 Å². The number of nitrogens with one attached hydrogen (secondary N) is 1. The Kier molecular flexibility index (Phi) is 5.63. The molecule has 6 heteroatoms. The Morgan fingerprint density at radius 1 is 1.05 bits per heavy atom. The molecule has 1 amide bonds. The molecule has 0 heterocycles. The third-order valence-electron chi connectivity index (χ3n) is 2.92. The minimum atomic E-state index is -3.77. The zero-order valence-corrected chi connectivity index (χ0v) is 13.8. The van der Waals surface area contributed by atoms with E-state index in [1.165, 1.54) is 29.5 Å². The topological polar surface area (TPSA) is 63.2 Å². The van der Waals surface area contributed by atoms with E-state index in [4.69, 9.17) is 0 Å². The van der Waals surface area contributed by atoms with E-state index in [1.54, 1.807) is 18.2 Å². The molecule has 2 rings (SSSR count). The van der Waals surface area contributed by atoms with Crippen LogP contribution in [0.25, 0.3) is 0 Å². The molecule has 0 aromatic heterocycles. The summed E-state index contributed by atoms with van der Waals surface area (Å²) >= 11 is 1.52. The second kappa shape index (κ2) is 7.47. The van der Waals surface area contributed by atoms with Crippen molar-refractivity contribution in [3.8, 4) is 0 Å². The maximum Gasteiger partial charge on any atom is 0.264 e. The van der Waals surface area contributed by atoms with Crippen LogP contribution in [0.5, 0.6) is 0 Å². The number of hydrogen-bond donors (Lipinski definition) is 1. The van der Waals surface area contributed by atoms with Crippen LogP contribution in [0.4, 0.5) is 0 Å². The smallest absolute Gasteiger partial charge is 0.264 e. The van der Waals surface area contributed by atoms with E-state index in [-0.39, 0.29) is 11.3 Å². The SMILES string of the molecule is Cc1ccc(SCCC(=O)NS(=O)(=O)c2ccccc2)cc1. The number of sulfonamides is 1. The first-order chi connectivity index (χ1) is 10.5. The van der Waals surface area contributed by atoms with Gasteiger partial charge in [-0.2, -0.15) is 0 Å². The van der Waals surface area contributed by atoms with Crippen LogP contribution in [0.1, 0.15) is 12.0 Å². The lowest BCUT2D eigenvalue weighted by atomic mass is 10.2. The van der Waals surface area contributed by atoms with Gasteiger partial charge in [0, 0.05) is 17.1 Å². The van der Waals surface area contributed by atoms with Crippen LogP contribution in [0, 0.1) is 6.92 Å². The molecule has 1 N–H and O–H groups in total. The highest BCUT2D eigenvalue weighted by molar-refractivity contribution is 7.99.